The molecule has 0 radical (unpaired) electrons. The molecule has 0 bridgehead atoms. The van der Waals surface area contributed by atoms with E-state index in [1.54, 1.807) is 0 Å². The Morgan fingerprint density at radius 2 is 2.18 bits per heavy atom. The number of aromatic nitrogens is 1. The van der Waals surface area contributed by atoms with Crippen molar-refractivity contribution in [2.45, 2.75) is 30.4 Å². The number of nitrogens with one attached hydrogen (secondary N) is 2. The van der Waals surface area contributed by atoms with Gasteiger partial charge in [-0.3, -0.25) is 10.1 Å². The fraction of sp³-hybridized carbons (Fsp3) is 0.450. The molecule has 1 aromatic carbocycles. The van der Waals surface area contributed by atoms with Crippen molar-refractivity contribution in [2.24, 2.45) is 5.16 Å². The van der Waals surface area contributed by atoms with Gasteiger partial charge in [0.05, 0.1) is 24.3 Å². The number of hydrogen-bond acceptors (Lipinski definition) is 9. The highest BCUT2D eigenvalue weighted by Crippen LogP contribution is 2.20. The predicted octanol–water partition coefficient (Wildman–Crippen LogP) is 1.41. The molecule has 0 unspecified atom stereocenters. The van der Waals surface area contributed by atoms with E-state index in [0.717, 1.165) is 6.20 Å². The minimum absolute atomic E-state index is 0.0580. The molecular weight excluding hydrogens is 473 g/mol. The number of sulfonamides is 1. The minimum Gasteiger partial charge on any atom is -0.389 e. The molecular formula is C20H24FN5O5S2. The number of rotatable bonds is 7. The Balaban J connectivity index is 1.56. The number of halogens is 1. The first-order valence-electron chi connectivity index (χ1n) is 10.4. The number of hydrogen-bond donors (Lipinski definition) is 2. The molecule has 33 heavy (non-hydrogen) atoms. The monoisotopic (exact) mass is 497 g/mol. The average Bonchev–Trinajstić information content (AvgIpc) is 3.46. The van der Waals surface area contributed by atoms with Crippen LogP contribution in [0.4, 0.5) is 9.52 Å². The topological polar surface area (TPSA) is 122 Å². The smallest absolute Gasteiger partial charge is 0.280 e. The summed E-state index contributed by atoms with van der Waals surface area (Å²) in [5.74, 6) is -0.658. The molecule has 0 spiro atoms. The zero-order chi connectivity index (χ0) is 23.4. The standard InChI is InChI=1S/C20H24FN5O5S2/c1-13-11-26(8-7-22-13)33(28,29)16-4-2-14(3-5-16)18(25-31-15-6-9-30-12-15)19(27)24-20-23-10-17(21)32-20/h2-5,10,13,15,22H,6-9,11-12H2,1H3,(H,23,24,27)/b25-18+/t13-,15+/m0/s1. The van der Waals surface area contributed by atoms with E-state index >= 15 is 0 Å². The molecule has 2 atom stereocenters. The van der Waals surface area contributed by atoms with Gasteiger partial charge in [-0.15, -0.1) is 0 Å². The van der Waals surface area contributed by atoms with Crippen LogP contribution >= 0.6 is 11.3 Å². The second-order valence-electron chi connectivity index (χ2n) is 7.70. The normalized spacial score (nSPS) is 22.3. The van der Waals surface area contributed by atoms with E-state index in [9.17, 15) is 17.6 Å². The number of amides is 1. The molecule has 2 aliphatic rings. The lowest BCUT2D eigenvalue weighted by Crippen LogP contribution is -2.51. The van der Waals surface area contributed by atoms with Crippen LogP contribution in [0.2, 0.25) is 0 Å². The van der Waals surface area contributed by atoms with Gasteiger partial charge in [-0.05, 0) is 19.1 Å². The second-order valence-corrected chi connectivity index (χ2v) is 10.6. The fourth-order valence-electron chi connectivity index (χ4n) is 3.47. The van der Waals surface area contributed by atoms with E-state index in [-0.39, 0.29) is 27.9 Å². The summed E-state index contributed by atoms with van der Waals surface area (Å²) in [6.45, 7) is 4.16. The lowest BCUT2D eigenvalue weighted by atomic mass is 10.1. The molecule has 3 heterocycles. The largest absolute Gasteiger partial charge is 0.389 e. The lowest BCUT2D eigenvalue weighted by Gasteiger charge is -2.31. The van der Waals surface area contributed by atoms with Crippen LogP contribution in [0, 0.1) is 5.13 Å². The molecule has 2 saturated heterocycles. The van der Waals surface area contributed by atoms with E-state index in [1.807, 2.05) is 6.92 Å². The number of thiazole rings is 1. The van der Waals surface area contributed by atoms with Crippen molar-refractivity contribution in [3.8, 4) is 0 Å². The van der Waals surface area contributed by atoms with Crippen molar-refractivity contribution < 1.29 is 27.2 Å². The van der Waals surface area contributed by atoms with Crippen molar-refractivity contribution in [1.29, 1.82) is 0 Å². The van der Waals surface area contributed by atoms with Crippen molar-refractivity contribution >= 4 is 38.1 Å². The van der Waals surface area contributed by atoms with Gasteiger partial charge in [-0.1, -0.05) is 28.6 Å². The van der Waals surface area contributed by atoms with Gasteiger partial charge in [0.2, 0.25) is 10.0 Å². The molecule has 10 nitrogen and oxygen atoms in total. The first-order chi connectivity index (χ1) is 15.8. The van der Waals surface area contributed by atoms with Gasteiger partial charge in [-0.25, -0.2) is 13.4 Å². The zero-order valence-electron chi connectivity index (χ0n) is 17.9. The van der Waals surface area contributed by atoms with Crippen LogP contribution in [0.1, 0.15) is 18.9 Å². The highest BCUT2D eigenvalue weighted by molar-refractivity contribution is 7.89. The molecule has 2 aromatic rings. The van der Waals surface area contributed by atoms with Gasteiger partial charge < -0.3 is 14.9 Å². The van der Waals surface area contributed by atoms with Gasteiger partial charge >= 0.3 is 0 Å². The van der Waals surface area contributed by atoms with Gasteiger partial charge in [0.1, 0.15) is 0 Å². The number of ether oxygens (including phenoxy) is 1. The highest BCUT2D eigenvalue weighted by Gasteiger charge is 2.29. The first kappa shape index (κ1) is 23.7. The zero-order valence-corrected chi connectivity index (χ0v) is 19.5. The van der Waals surface area contributed by atoms with Gasteiger partial charge in [0.15, 0.2) is 22.1 Å². The van der Waals surface area contributed by atoms with E-state index in [2.05, 4.69) is 20.8 Å². The molecule has 2 fully saturated rings. The third-order valence-electron chi connectivity index (χ3n) is 5.19. The van der Waals surface area contributed by atoms with E-state index < -0.39 is 21.1 Å². The van der Waals surface area contributed by atoms with Crippen molar-refractivity contribution in [3.05, 3.63) is 41.2 Å². The van der Waals surface area contributed by atoms with Crippen LogP contribution in [0.5, 0.6) is 0 Å². The Bertz CT molecular complexity index is 1120. The van der Waals surface area contributed by atoms with Crippen LogP contribution in [0.3, 0.4) is 0 Å². The number of carbonyl (C=O) groups excluding carboxylic acids is 1. The molecule has 13 heteroatoms. The average molecular weight is 498 g/mol. The third kappa shape index (κ3) is 5.73. The minimum atomic E-state index is -3.67. The SMILES string of the molecule is C[C@H]1CN(S(=O)(=O)c2ccc(/C(=N\O[C@@H]3CCOC3)C(=O)Nc3ncc(F)s3)cc2)CCN1. The number of carbonyl (C=O) groups is 1. The van der Waals surface area contributed by atoms with Crippen LogP contribution in [-0.2, 0) is 24.4 Å². The third-order valence-corrected chi connectivity index (χ3v) is 7.77. The second kappa shape index (κ2) is 10.2. The van der Waals surface area contributed by atoms with Crippen LogP contribution in [0.15, 0.2) is 40.5 Å². The Hall–Kier alpha value is -2.45. The predicted molar refractivity (Wildman–Crippen MR) is 120 cm³/mol. The van der Waals surface area contributed by atoms with E-state index in [4.69, 9.17) is 9.57 Å². The number of benzene rings is 1. The van der Waals surface area contributed by atoms with Crippen molar-refractivity contribution in [3.63, 3.8) is 0 Å². The van der Waals surface area contributed by atoms with Crippen molar-refractivity contribution in [1.82, 2.24) is 14.6 Å². The quantitative estimate of drug-likeness (QED) is 0.438. The summed E-state index contributed by atoms with van der Waals surface area (Å²) in [4.78, 5) is 22.2. The molecule has 2 N–H and O–H groups in total. The fourth-order valence-corrected chi connectivity index (χ4v) is 5.54. The van der Waals surface area contributed by atoms with Crippen molar-refractivity contribution in [2.75, 3.05) is 38.2 Å². The van der Waals surface area contributed by atoms with Crippen LogP contribution in [0.25, 0.3) is 0 Å². The van der Waals surface area contributed by atoms with E-state index in [1.165, 1.54) is 28.6 Å². The number of piperazine rings is 1. The summed E-state index contributed by atoms with van der Waals surface area (Å²) in [6.07, 6.45) is 1.34. The first-order valence-corrected chi connectivity index (χ1v) is 12.7. The number of nitrogens with zero attached hydrogens (tertiary/aromatic N) is 3. The maximum Gasteiger partial charge on any atom is 0.280 e. The Kier molecular flexibility index (Phi) is 7.34. The van der Waals surface area contributed by atoms with Gasteiger partial charge in [0.25, 0.3) is 5.91 Å². The maximum atomic E-state index is 13.3. The Morgan fingerprint density at radius 1 is 1.39 bits per heavy atom. The van der Waals surface area contributed by atoms with E-state index in [0.29, 0.717) is 56.2 Å². The summed E-state index contributed by atoms with van der Waals surface area (Å²) in [7, 11) is -3.67. The summed E-state index contributed by atoms with van der Waals surface area (Å²) in [5.41, 5.74) is 0.258. The molecule has 0 saturated carbocycles. The highest BCUT2D eigenvalue weighted by atomic mass is 32.2. The number of oxime groups is 1. The molecule has 178 valence electrons. The molecule has 4 rings (SSSR count). The summed E-state index contributed by atoms with van der Waals surface area (Å²) < 4.78 is 45.9. The molecule has 2 aliphatic heterocycles. The molecule has 0 aliphatic carbocycles. The maximum absolute atomic E-state index is 13.3. The summed E-state index contributed by atoms with van der Waals surface area (Å²) in [6, 6.07) is 5.91. The molecule has 1 amide bonds. The molecule has 1 aromatic heterocycles. The van der Waals surface area contributed by atoms with Gasteiger partial charge in [-0.2, -0.15) is 8.70 Å². The Morgan fingerprint density at radius 3 is 2.82 bits per heavy atom. The van der Waals surface area contributed by atoms with Crippen LogP contribution < -0.4 is 10.6 Å². The summed E-state index contributed by atoms with van der Waals surface area (Å²) in [5, 5.41) is 9.24. The van der Waals surface area contributed by atoms with Crippen LogP contribution in [-0.4, -0.2) is 74.3 Å². The van der Waals surface area contributed by atoms with Gasteiger partial charge in [0, 0.05) is 37.7 Å². The lowest BCUT2D eigenvalue weighted by molar-refractivity contribution is -0.110. The Labute approximate surface area is 194 Å². The summed E-state index contributed by atoms with van der Waals surface area (Å²) >= 11 is 0.678. The number of anilines is 1.